The van der Waals surface area contributed by atoms with Gasteiger partial charge in [0.05, 0.1) is 12.3 Å². The van der Waals surface area contributed by atoms with Crippen LogP contribution >= 0.6 is 0 Å². The first-order valence-electron chi connectivity index (χ1n) is 7.67. The highest BCUT2D eigenvalue weighted by atomic mass is 16.5. The SMILES string of the molecule is COCCOc1ccccc1NC(=O)N1CCC(=O)NC[C@H]1C. The third-order valence-corrected chi connectivity index (χ3v) is 3.64. The lowest BCUT2D eigenvalue weighted by atomic mass is 10.2. The van der Waals surface area contributed by atoms with Gasteiger partial charge < -0.3 is 25.0 Å². The zero-order valence-corrected chi connectivity index (χ0v) is 13.5. The molecule has 7 nitrogen and oxygen atoms in total. The summed E-state index contributed by atoms with van der Waals surface area (Å²) in [6, 6.07) is 6.94. The second kappa shape index (κ2) is 8.38. The highest BCUT2D eigenvalue weighted by Gasteiger charge is 2.25. The van der Waals surface area contributed by atoms with Crippen molar-refractivity contribution in [1.29, 1.82) is 0 Å². The molecule has 1 saturated heterocycles. The zero-order valence-electron chi connectivity index (χ0n) is 13.5. The van der Waals surface area contributed by atoms with Crippen LogP contribution in [0.15, 0.2) is 24.3 Å². The number of para-hydroxylation sites is 2. The summed E-state index contributed by atoms with van der Waals surface area (Å²) in [6.07, 6.45) is 0.309. The van der Waals surface area contributed by atoms with Gasteiger partial charge in [-0.3, -0.25) is 4.79 Å². The van der Waals surface area contributed by atoms with E-state index in [0.717, 1.165) is 0 Å². The standard InChI is InChI=1S/C16H23N3O4/c1-12-11-17-15(20)7-8-19(12)16(21)18-13-5-3-4-6-14(13)23-10-9-22-2/h3-6,12H,7-11H2,1-2H3,(H,17,20)(H,18,21)/t12-/m1/s1. The number of benzene rings is 1. The molecular weight excluding hydrogens is 298 g/mol. The van der Waals surface area contributed by atoms with Gasteiger partial charge in [0.15, 0.2) is 0 Å². The van der Waals surface area contributed by atoms with E-state index in [1.54, 1.807) is 24.1 Å². The third-order valence-electron chi connectivity index (χ3n) is 3.64. The largest absolute Gasteiger partial charge is 0.489 e. The first kappa shape index (κ1) is 17.1. The molecule has 0 aromatic heterocycles. The number of methoxy groups -OCH3 is 1. The molecule has 7 heteroatoms. The fourth-order valence-electron chi connectivity index (χ4n) is 2.32. The Bertz CT molecular complexity index is 550. The van der Waals surface area contributed by atoms with Gasteiger partial charge in [0.2, 0.25) is 5.91 Å². The van der Waals surface area contributed by atoms with Crippen molar-refractivity contribution in [2.24, 2.45) is 0 Å². The Labute approximate surface area is 135 Å². The van der Waals surface area contributed by atoms with E-state index in [1.807, 2.05) is 19.1 Å². The number of ether oxygens (including phenoxy) is 2. The molecule has 1 aliphatic rings. The van der Waals surface area contributed by atoms with Crippen LogP contribution in [0.3, 0.4) is 0 Å². The van der Waals surface area contributed by atoms with Crippen LogP contribution in [0.5, 0.6) is 5.75 Å². The molecule has 3 amide bonds. The maximum atomic E-state index is 12.5. The van der Waals surface area contributed by atoms with Crippen molar-refractivity contribution in [3.05, 3.63) is 24.3 Å². The van der Waals surface area contributed by atoms with Crippen LogP contribution in [0, 0.1) is 0 Å². The number of anilines is 1. The molecular formula is C16H23N3O4. The smallest absolute Gasteiger partial charge is 0.322 e. The van der Waals surface area contributed by atoms with Gasteiger partial charge in [0.25, 0.3) is 0 Å². The number of rotatable bonds is 5. The minimum atomic E-state index is -0.239. The highest BCUT2D eigenvalue weighted by molar-refractivity contribution is 5.91. The summed E-state index contributed by atoms with van der Waals surface area (Å²) in [5.41, 5.74) is 0.601. The predicted molar refractivity (Wildman–Crippen MR) is 86.6 cm³/mol. The van der Waals surface area contributed by atoms with E-state index in [-0.39, 0.29) is 18.0 Å². The predicted octanol–water partition coefficient (Wildman–Crippen LogP) is 1.45. The molecule has 126 valence electrons. The van der Waals surface area contributed by atoms with Gasteiger partial charge in [0, 0.05) is 32.7 Å². The molecule has 1 aromatic carbocycles. The Balaban J connectivity index is 2.03. The molecule has 1 aromatic rings. The Kier molecular flexibility index (Phi) is 6.22. The van der Waals surface area contributed by atoms with Gasteiger partial charge in [0.1, 0.15) is 12.4 Å². The number of hydrogen-bond donors (Lipinski definition) is 2. The molecule has 1 atom stereocenters. The maximum absolute atomic E-state index is 12.5. The topological polar surface area (TPSA) is 79.9 Å². The lowest BCUT2D eigenvalue weighted by Gasteiger charge is -2.27. The third kappa shape index (κ3) is 4.85. The van der Waals surface area contributed by atoms with Crippen LogP contribution in [-0.2, 0) is 9.53 Å². The molecule has 1 heterocycles. The molecule has 2 rings (SSSR count). The van der Waals surface area contributed by atoms with E-state index >= 15 is 0 Å². The summed E-state index contributed by atoms with van der Waals surface area (Å²) in [6.45, 7) is 3.64. The van der Waals surface area contributed by atoms with Crippen LogP contribution in [0.2, 0.25) is 0 Å². The Morgan fingerprint density at radius 3 is 2.96 bits per heavy atom. The van der Waals surface area contributed by atoms with E-state index in [0.29, 0.717) is 44.2 Å². The number of nitrogens with one attached hydrogen (secondary N) is 2. The Morgan fingerprint density at radius 1 is 1.39 bits per heavy atom. The van der Waals surface area contributed by atoms with E-state index in [4.69, 9.17) is 9.47 Å². The van der Waals surface area contributed by atoms with Crippen molar-refractivity contribution < 1.29 is 19.1 Å². The summed E-state index contributed by atoms with van der Waals surface area (Å²) in [5.74, 6) is 0.560. The molecule has 0 unspecified atom stereocenters. The van der Waals surface area contributed by atoms with Gasteiger partial charge in [-0.05, 0) is 19.1 Å². The molecule has 0 bridgehead atoms. The number of carbonyl (C=O) groups is 2. The first-order valence-corrected chi connectivity index (χ1v) is 7.67. The summed E-state index contributed by atoms with van der Waals surface area (Å²) < 4.78 is 10.6. The van der Waals surface area contributed by atoms with Crippen molar-refractivity contribution >= 4 is 17.6 Å². The second-order valence-corrected chi connectivity index (χ2v) is 5.36. The number of hydrogen-bond acceptors (Lipinski definition) is 4. The second-order valence-electron chi connectivity index (χ2n) is 5.36. The van der Waals surface area contributed by atoms with E-state index in [1.165, 1.54) is 0 Å². The van der Waals surface area contributed by atoms with Gasteiger partial charge in [-0.1, -0.05) is 12.1 Å². The molecule has 0 aliphatic carbocycles. The average Bonchev–Trinajstić information content (AvgIpc) is 2.71. The monoisotopic (exact) mass is 321 g/mol. The molecule has 23 heavy (non-hydrogen) atoms. The number of carbonyl (C=O) groups excluding carboxylic acids is 2. The zero-order chi connectivity index (χ0) is 16.7. The molecule has 2 N–H and O–H groups in total. The van der Waals surface area contributed by atoms with Crippen LogP contribution in [0.1, 0.15) is 13.3 Å². The Morgan fingerprint density at radius 2 is 2.17 bits per heavy atom. The van der Waals surface area contributed by atoms with Gasteiger partial charge in [-0.25, -0.2) is 4.79 Å². The number of urea groups is 1. The van der Waals surface area contributed by atoms with Crippen molar-refractivity contribution in [2.75, 3.05) is 38.7 Å². The van der Waals surface area contributed by atoms with Crippen LogP contribution in [0.4, 0.5) is 10.5 Å². The minimum absolute atomic E-state index is 0.0320. The summed E-state index contributed by atoms with van der Waals surface area (Å²) in [4.78, 5) is 25.6. The van der Waals surface area contributed by atoms with E-state index in [9.17, 15) is 9.59 Å². The van der Waals surface area contributed by atoms with Gasteiger partial charge in [-0.2, -0.15) is 0 Å². The molecule has 0 radical (unpaired) electrons. The summed E-state index contributed by atoms with van der Waals surface area (Å²) in [7, 11) is 1.60. The summed E-state index contributed by atoms with van der Waals surface area (Å²) >= 11 is 0. The van der Waals surface area contributed by atoms with Crippen LogP contribution < -0.4 is 15.4 Å². The fraction of sp³-hybridized carbons (Fsp3) is 0.500. The molecule has 1 aliphatic heterocycles. The van der Waals surface area contributed by atoms with Crippen molar-refractivity contribution in [1.82, 2.24) is 10.2 Å². The van der Waals surface area contributed by atoms with Crippen LogP contribution in [0.25, 0.3) is 0 Å². The van der Waals surface area contributed by atoms with Crippen molar-refractivity contribution in [3.63, 3.8) is 0 Å². The van der Waals surface area contributed by atoms with Crippen molar-refractivity contribution in [3.8, 4) is 5.75 Å². The lowest BCUT2D eigenvalue weighted by Crippen LogP contribution is -2.44. The lowest BCUT2D eigenvalue weighted by molar-refractivity contribution is -0.120. The van der Waals surface area contributed by atoms with Crippen molar-refractivity contribution in [2.45, 2.75) is 19.4 Å². The summed E-state index contributed by atoms with van der Waals surface area (Å²) in [5, 5.41) is 5.65. The fourth-order valence-corrected chi connectivity index (χ4v) is 2.32. The number of amides is 3. The highest BCUT2D eigenvalue weighted by Crippen LogP contribution is 2.24. The minimum Gasteiger partial charge on any atom is -0.489 e. The molecule has 0 saturated carbocycles. The number of nitrogens with zero attached hydrogens (tertiary/aromatic N) is 1. The molecule has 1 fully saturated rings. The normalized spacial score (nSPS) is 18.1. The van der Waals surface area contributed by atoms with Crippen LogP contribution in [-0.4, -0.2) is 56.3 Å². The van der Waals surface area contributed by atoms with Gasteiger partial charge >= 0.3 is 6.03 Å². The van der Waals surface area contributed by atoms with Gasteiger partial charge in [-0.15, -0.1) is 0 Å². The van der Waals surface area contributed by atoms with E-state index < -0.39 is 0 Å². The Hall–Kier alpha value is -2.28. The molecule has 0 spiro atoms. The maximum Gasteiger partial charge on any atom is 0.322 e. The van der Waals surface area contributed by atoms with E-state index in [2.05, 4.69) is 10.6 Å². The quantitative estimate of drug-likeness (QED) is 0.805. The average molecular weight is 321 g/mol. The first-order chi connectivity index (χ1) is 11.1.